The van der Waals surface area contributed by atoms with E-state index in [1.165, 1.54) is 24.8 Å². The normalized spacial score (nSPS) is 52.2. The molecule has 1 heterocycles. The highest BCUT2D eigenvalue weighted by atomic mass is 16.6. The monoisotopic (exact) mass is 394 g/mol. The van der Waals surface area contributed by atoms with Gasteiger partial charge in [0.25, 0.3) is 0 Å². The average molecular weight is 395 g/mol. The van der Waals surface area contributed by atoms with Crippen molar-refractivity contribution in [1.82, 2.24) is 0 Å². The van der Waals surface area contributed by atoms with Gasteiger partial charge < -0.3 is 4.74 Å². The standard InChI is InChI=1S/C26H34O3/c1-4-5-15-12-16-13-17(27)6-9-24(16,2)19-7-10-25(3)23(22(15)19)18-14-20(18)26(25)11-8-21(28)29-26/h7,12,15,18,20,22-23H,4-6,8-11,13-14H2,1-3H3/t15-,18-,20+,22?,23?,24+,25+,26+/m1/s1. The summed E-state index contributed by atoms with van der Waals surface area (Å²) in [6.45, 7) is 7.16. The number of allylic oxidation sites excluding steroid dienone is 4. The largest absolute Gasteiger partial charge is 0.458 e. The minimum Gasteiger partial charge on any atom is -0.458 e. The molecule has 3 heteroatoms. The summed E-state index contributed by atoms with van der Waals surface area (Å²) >= 11 is 0. The zero-order chi connectivity index (χ0) is 20.2. The lowest BCUT2D eigenvalue weighted by Gasteiger charge is -2.57. The number of hydrogen-bond donors (Lipinski definition) is 0. The van der Waals surface area contributed by atoms with Crippen LogP contribution in [0.4, 0.5) is 0 Å². The van der Waals surface area contributed by atoms with E-state index in [2.05, 4.69) is 32.9 Å². The minimum atomic E-state index is -0.203. The molecule has 3 nitrogen and oxygen atoms in total. The molecule has 6 aliphatic rings. The Morgan fingerprint density at radius 2 is 2.00 bits per heavy atom. The molecule has 156 valence electrons. The van der Waals surface area contributed by atoms with Crippen LogP contribution >= 0.6 is 0 Å². The topological polar surface area (TPSA) is 43.4 Å². The van der Waals surface area contributed by atoms with Gasteiger partial charge in [0.1, 0.15) is 11.4 Å². The van der Waals surface area contributed by atoms with Crippen molar-refractivity contribution in [2.24, 2.45) is 40.4 Å². The highest BCUT2D eigenvalue weighted by molar-refractivity contribution is 5.83. The third-order valence-electron chi connectivity index (χ3n) is 10.2. The Kier molecular flexibility index (Phi) is 3.58. The highest BCUT2D eigenvalue weighted by Crippen LogP contribution is 2.78. The number of ketones is 1. The first-order valence-corrected chi connectivity index (χ1v) is 12.0. The predicted octanol–water partition coefficient (Wildman–Crippen LogP) is 5.40. The van der Waals surface area contributed by atoms with Gasteiger partial charge in [0.05, 0.1) is 0 Å². The SMILES string of the molecule is CCC[C@@H]1C=C2CC(=O)CC[C@]2(C)C2=CC[C@@]3(C)C(C21)[C@@H]1C[C@@H]1[C@@]31CCC(=O)O1. The summed E-state index contributed by atoms with van der Waals surface area (Å²) in [5, 5.41) is 0. The van der Waals surface area contributed by atoms with Crippen molar-refractivity contribution in [2.45, 2.75) is 84.2 Å². The van der Waals surface area contributed by atoms with Crippen molar-refractivity contribution >= 4 is 11.8 Å². The smallest absolute Gasteiger partial charge is 0.306 e. The number of hydrogen-bond acceptors (Lipinski definition) is 3. The molecular weight excluding hydrogens is 360 g/mol. The van der Waals surface area contributed by atoms with E-state index in [0.717, 1.165) is 31.6 Å². The van der Waals surface area contributed by atoms with Gasteiger partial charge in [-0.1, -0.05) is 50.5 Å². The first-order valence-electron chi connectivity index (χ1n) is 12.0. The Hall–Kier alpha value is -1.38. The van der Waals surface area contributed by atoms with Crippen molar-refractivity contribution in [3.63, 3.8) is 0 Å². The fraction of sp³-hybridized carbons (Fsp3) is 0.769. The van der Waals surface area contributed by atoms with Crippen molar-refractivity contribution in [1.29, 1.82) is 0 Å². The molecule has 0 aromatic rings. The van der Waals surface area contributed by atoms with Gasteiger partial charge in [0.15, 0.2) is 0 Å². The van der Waals surface area contributed by atoms with Gasteiger partial charge in [-0.05, 0) is 55.8 Å². The second-order valence-corrected chi connectivity index (χ2v) is 11.4. The van der Waals surface area contributed by atoms with Crippen LogP contribution in [0.2, 0.25) is 0 Å². The van der Waals surface area contributed by atoms with Crippen LogP contribution in [0.15, 0.2) is 23.3 Å². The van der Waals surface area contributed by atoms with Crippen molar-refractivity contribution in [3.8, 4) is 0 Å². The quantitative estimate of drug-likeness (QED) is 0.465. The summed E-state index contributed by atoms with van der Waals surface area (Å²) < 4.78 is 6.23. The number of rotatable bonds is 2. The summed E-state index contributed by atoms with van der Waals surface area (Å²) in [4.78, 5) is 24.5. The van der Waals surface area contributed by atoms with Crippen LogP contribution in [0, 0.1) is 40.4 Å². The van der Waals surface area contributed by atoms with Gasteiger partial charge in [-0.15, -0.1) is 0 Å². The lowest BCUT2D eigenvalue weighted by Crippen LogP contribution is -2.54. The first-order chi connectivity index (χ1) is 13.8. The van der Waals surface area contributed by atoms with Gasteiger partial charge in [0.2, 0.25) is 0 Å². The van der Waals surface area contributed by atoms with Crippen LogP contribution in [0.3, 0.4) is 0 Å². The predicted molar refractivity (Wildman–Crippen MR) is 111 cm³/mol. The van der Waals surface area contributed by atoms with Crippen LogP contribution in [0.1, 0.15) is 78.6 Å². The molecule has 5 aliphatic carbocycles. The molecule has 0 bridgehead atoms. The zero-order valence-electron chi connectivity index (χ0n) is 18.1. The van der Waals surface area contributed by atoms with Gasteiger partial charge in [-0.25, -0.2) is 0 Å². The maximum absolute atomic E-state index is 12.3. The van der Waals surface area contributed by atoms with E-state index >= 15 is 0 Å². The average Bonchev–Trinajstić information content (AvgIpc) is 3.32. The van der Waals surface area contributed by atoms with Gasteiger partial charge in [0, 0.05) is 36.0 Å². The van der Waals surface area contributed by atoms with E-state index in [9.17, 15) is 9.59 Å². The second kappa shape index (κ2) is 5.65. The van der Waals surface area contributed by atoms with E-state index < -0.39 is 0 Å². The highest BCUT2D eigenvalue weighted by Gasteiger charge is 2.78. The minimum absolute atomic E-state index is 0.0287. The molecule has 2 unspecified atom stereocenters. The van der Waals surface area contributed by atoms with Crippen molar-refractivity contribution < 1.29 is 14.3 Å². The first kappa shape index (κ1) is 18.4. The van der Waals surface area contributed by atoms with Crippen LogP contribution < -0.4 is 0 Å². The van der Waals surface area contributed by atoms with Gasteiger partial charge >= 0.3 is 5.97 Å². The van der Waals surface area contributed by atoms with Crippen LogP contribution in [-0.4, -0.2) is 17.4 Å². The van der Waals surface area contributed by atoms with Crippen LogP contribution in [0.25, 0.3) is 0 Å². The molecule has 1 saturated heterocycles. The fourth-order valence-corrected chi connectivity index (χ4v) is 8.87. The molecule has 0 radical (unpaired) electrons. The van der Waals surface area contributed by atoms with Gasteiger partial charge in [-0.2, -0.15) is 0 Å². The number of fused-ring (bicyclic) bond motifs is 9. The number of esters is 1. The summed E-state index contributed by atoms with van der Waals surface area (Å²) in [5.41, 5.74) is 3.02. The Bertz CT molecular complexity index is 867. The molecule has 0 N–H and O–H groups in total. The number of ether oxygens (including phenoxy) is 1. The Balaban J connectivity index is 1.48. The number of carbonyl (C=O) groups is 2. The van der Waals surface area contributed by atoms with Crippen molar-refractivity contribution in [3.05, 3.63) is 23.3 Å². The summed E-state index contributed by atoms with van der Waals surface area (Å²) in [5.74, 6) is 3.50. The van der Waals surface area contributed by atoms with Crippen LogP contribution in [0.5, 0.6) is 0 Å². The fourth-order valence-electron chi connectivity index (χ4n) is 8.87. The Morgan fingerprint density at radius 1 is 1.17 bits per heavy atom. The molecule has 3 saturated carbocycles. The van der Waals surface area contributed by atoms with E-state index in [1.54, 1.807) is 5.57 Å². The third-order valence-corrected chi connectivity index (χ3v) is 10.2. The molecule has 1 aliphatic heterocycles. The van der Waals surface area contributed by atoms with E-state index in [-0.39, 0.29) is 22.4 Å². The Morgan fingerprint density at radius 3 is 2.72 bits per heavy atom. The molecule has 6 rings (SSSR count). The maximum Gasteiger partial charge on any atom is 0.306 e. The summed E-state index contributed by atoms with van der Waals surface area (Å²) in [6, 6.07) is 0. The summed E-state index contributed by atoms with van der Waals surface area (Å²) in [7, 11) is 0. The third kappa shape index (κ3) is 2.10. The van der Waals surface area contributed by atoms with E-state index in [0.29, 0.717) is 42.3 Å². The molecule has 0 aromatic heterocycles. The zero-order valence-corrected chi connectivity index (χ0v) is 18.1. The molecule has 0 amide bonds. The molecular formula is C26H34O3. The van der Waals surface area contributed by atoms with Gasteiger partial charge in [-0.3, -0.25) is 9.59 Å². The van der Waals surface area contributed by atoms with E-state index in [4.69, 9.17) is 4.74 Å². The summed E-state index contributed by atoms with van der Waals surface area (Å²) in [6.07, 6.45) is 13.7. The van der Waals surface area contributed by atoms with Crippen molar-refractivity contribution in [2.75, 3.05) is 0 Å². The molecule has 1 spiro atoms. The molecule has 0 aromatic carbocycles. The number of Topliss-reactive ketones (excluding diaryl/α,β-unsaturated/α-hetero) is 1. The lowest BCUT2D eigenvalue weighted by atomic mass is 9.47. The molecule has 4 fully saturated rings. The number of carbonyl (C=O) groups excluding carboxylic acids is 2. The molecule has 29 heavy (non-hydrogen) atoms. The molecule has 8 atom stereocenters. The second-order valence-electron chi connectivity index (χ2n) is 11.4. The Labute approximate surface area is 174 Å². The lowest BCUT2D eigenvalue weighted by molar-refractivity contribution is -0.166. The van der Waals surface area contributed by atoms with E-state index in [1.807, 2.05) is 0 Å². The maximum atomic E-state index is 12.3. The van der Waals surface area contributed by atoms with Crippen LogP contribution in [-0.2, 0) is 14.3 Å².